The van der Waals surface area contributed by atoms with Crippen molar-refractivity contribution in [2.75, 3.05) is 7.11 Å². The molecule has 0 amide bonds. The Balaban J connectivity index is 2.69. The van der Waals surface area contributed by atoms with E-state index in [1.165, 1.54) is 13.2 Å². The van der Waals surface area contributed by atoms with Gasteiger partial charge in [-0.3, -0.25) is 0 Å². The molecule has 0 atom stereocenters. The molecule has 3 nitrogen and oxygen atoms in total. The number of methoxy groups -OCH3 is 1. The van der Waals surface area contributed by atoms with Crippen LogP contribution in [-0.2, 0) is 4.74 Å². The topological polar surface area (TPSA) is 46.5 Å². The minimum Gasteiger partial charge on any atom is -0.506 e. The maximum Gasteiger partial charge on any atom is 0.341 e. The van der Waals surface area contributed by atoms with Crippen molar-refractivity contribution in [1.29, 1.82) is 0 Å². The Morgan fingerprint density at radius 3 is 2.53 bits per heavy atom. The Morgan fingerprint density at radius 2 is 1.95 bits per heavy atom. The number of phenols is 1. The van der Waals surface area contributed by atoms with Crippen LogP contribution < -0.4 is 0 Å². The number of halogens is 2. The molecule has 2 aromatic rings. The normalized spacial score (nSPS) is 10.3. The van der Waals surface area contributed by atoms with E-state index in [1.807, 2.05) is 6.07 Å². The number of ether oxygens (including phenoxy) is 1. The van der Waals surface area contributed by atoms with Crippen LogP contribution >= 0.6 is 22.6 Å². The highest BCUT2D eigenvalue weighted by Crippen LogP contribution is 2.34. The van der Waals surface area contributed by atoms with E-state index < -0.39 is 17.5 Å². The third kappa shape index (κ3) is 2.56. The Hall–Kier alpha value is -1.63. The molecule has 5 heteroatoms. The Labute approximate surface area is 123 Å². The average Bonchev–Trinajstić information content (AvgIpc) is 2.45. The zero-order valence-electron chi connectivity index (χ0n) is 9.98. The fraction of sp³-hybridized carbons (Fsp3) is 0.0714. The summed E-state index contributed by atoms with van der Waals surface area (Å²) in [7, 11) is 1.21. The molecule has 0 aromatic heterocycles. The molecule has 0 bridgehead atoms. The van der Waals surface area contributed by atoms with Gasteiger partial charge in [-0.15, -0.1) is 0 Å². The first-order valence-electron chi connectivity index (χ1n) is 5.41. The summed E-state index contributed by atoms with van der Waals surface area (Å²) in [5.74, 6) is -1.66. The monoisotopic (exact) mass is 372 g/mol. The summed E-state index contributed by atoms with van der Waals surface area (Å²) in [5, 5.41) is 9.80. The van der Waals surface area contributed by atoms with Gasteiger partial charge in [-0.05, 0) is 34.2 Å². The molecule has 0 fully saturated rings. The number of esters is 1. The first-order chi connectivity index (χ1) is 9.06. The van der Waals surface area contributed by atoms with Gasteiger partial charge in [-0.1, -0.05) is 30.3 Å². The molecule has 2 rings (SSSR count). The van der Waals surface area contributed by atoms with Crippen molar-refractivity contribution >= 4 is 28.6 Å². The van der Waals surface area contributed by atoms with Gasteiger partial charge in [-0.25, -0.2) is 9.18 Å². The molecule has 0 unspecified atom stereocenters. The first kappa shape index (κ1) is 13.8. The zero-order valence-corrected chi connectivity index (χ0v) is 12.1. The Kier molecular flexibility index (Phi) is 4.04. The summed E-state index contributed by atoms with van der Waals surface area (Å²) >= 11 is 1.66. The Morgan fingerprint density at radius 1 is 1.32 bits per heavy atom. The molecule has 0 aliphatic carbocycles. The van der Waals surface area contributed by atoms with Crippen molar-refractivity contribution in [2.45, 2.75) is 0 Å². The standard InChI is InChI=1S/C14H10FIO3/c1-19-14(18)10-7-9(8-5-3-2-4-6-8)11(15)12(16)13(10)17/h2-7,17H,1H3. The van der Waals surface area contributed by atoms with Gasteiger partial charge in [0.1, 0.15) is 17.1 Å². The van der Waals surface area contributed by atoms with Crippen LogP contribution in [0.1, 0.15) is 10.4 Å². The number of aromatic hydroxyl groups is 1. The van der Waals surface area contributed by atoms with E-state index in [0.717, 1.165) is 0 Å². The van der Waals surface area contributed by atoms with Gasteiger partial charge in [0, 0.05) is 5.56 Å². The third-order valence-corrected chi connectivity index (χ3v) is 3.66. The van der Waals surface area contributed by atoms with Gasteiger partial charge in [0.15, 0.2) is 0 Å². The third-order valence-electron chi connectivity index (χ3n) is 2.67. The predicted molar refractivity (Wildman–Crippen MR) is 77.6 cm³/mol. The summed E-state index contributed by atoms with van der Waals surface area (Å²) in [6.45, 7) is 0. The quantitative estimate of drug-likeness (QED) is 0.648. The molecule has 0 aliphatic rings. The summed E-state index contributed by atoms with van der Waals surface area (Å²) in [5.41, 5.74) is 0.832. The van der Waals surface area contributed by atoms with Gasteiger partial charge in [0.05, 0.1) is 10.7 Å². The molecule has 98 valence electrons. The van der Waals surface area contributed by atoms with Gasteiger partial charge < -0.3 is 9.84 Å². The molecule has 0 heterocycles. The van der Waals surface area contributed by atoms with Crippen molar-refractivity contribution in [3.63, 3.8) is 0 Å². The molecule has 1 N–H and O–H groups in total. The lowest BCUT2D eigenvalue weighted by atomic mass is 10.0. The molecule has 0 aliphatic heterocycles. The molecule has 2 aromatic carbocycles. The highest BCUT2D eigenvalue weighted by molar-refractivity contribution is 14.1. The Bertz CT molecular complexity index is 626. The van der Waals surface area contributed by atoms with Crippen LogP contribution in [0.2, 0.25) is 0 Å². The van der Waals surface area contributed by atoms with Crippen LogP contribution in [-0.4, -0.2) is 18.2 Å². The number of benzene rings is 2. The summed E-state index contributed by atoms with van der Waals surface area (Å²) in [6, 6.07) is 10.1. The number of phenolic OH excluding ortho intramolecular Hbond substituents is 1. The van der Waals surface area contributed by atoms with Crippen LogP contribution in [0, 0.1) is 9.39 Å². The van der Waals surface area contributed by atoms with Crippen molar-refractivity contribution in [3.05, 3.63) is 51.3 Å². The van der Waals surface area contributed by atoms with E-state index in [4.69, 9.17) is 0 Å². The molecule has 0 saturated heterocycles. The van der Waals surface area contributed by atoms with Crippen molar-refractivity contribution in [2.24, 2.45) is 0 Å². The SMILES string of the molecule is COC(=O)c1cc(-c2ccccc2)c(F)c(I)c1O. The number of hydrogen-bond acceptors (Lipinski definition) is 3. The van der Waals surface area contributed by atoms with Crippen LogP contribution in [0.5, 0.6) is 5.75 Å². The summed E-state index contributed by atoms with van der Waals surface area (Å²) in [6.07, 6.45) is 0. The van der Waals surface area contributed by atoms with E-state index >= 15 is 0 Å². The summed E-state index contributed by atoms with van der Waals surface area (Å²) in [4.78, 5) is 11.6. The number of carbonyl (C=O) groups excluding carboxylic acids is 1. The second kappa shape index (κ2) is 5.56. The fourth-order valence-electron chi connectivity index (χ4n) is 1.71. The van der Waals surface area contributed by atoms with Crippen LogP contribution in [0.4, 0.5) is 4.39 Å². The first-order valence-corrected chi connectivity index (χ1v) is 6.48. The molecular formula is C14H10FIO3. The summed E-state index contributed by atoms with van der Waals surface area (Å²) < 4.78 is 18.8. The maximum atomic E-state index is 14.2. The highest BCUT2D eigenvalue weighted by atomic mass is 127. The highest BCUT2D eigenvalue weighted by Gasteiger charge is 2.21. The molecule has 0 spiro atoms. The van der Waals surface area contributed by atoms with Gasteiger partial charge in [0.2, 0.25) is 0 Å². The average molecular weight is 372 g/mol. The van der Waals surface area contributed by atoms with E-state index in [9.17, 15) is 14.3 Å². The van der Waals surface area contributed by atoms with E-state index in [0.29, 0.717) is 5.56 Å². The lowest BCUT2D eigenvalue weighted by Gasteiger charge is -2.10. The second-order valence-electron chi connectivity index (χ2n) is 3.81. The molecule has 0 radical (unpaired) electrons. The van der Waals surface area contributed by atoms with Crippen molar-refractivity contribution < 1.29 is 19.0 Å². The fourth-order valence-corrected chi connectivity index (χ4v) is 2.29. The number of rotatable bonds is 2. The largest absolute Gasteiger partial charge is 0.506 e. The van der Waals surface area contributed by atoms with E-state index in [1.54, 1.807) is 46.9 Å². The minimum atomic E-state index is -0.701. The van der Waals surface area contributed by atoms with Crippen molar-refractivity contribution in [3.8, 4) is 16.9 Å². The van der Waals surface area contributed by atoms with E-state index in [-0.39, 0.29) is 14.7 Å². The van der Waals surface area contributed by atoms with E-state index in [2.05, 4.69) is 4.74 Å². The zero-order chi connectivity index (χ0) is 14.0. The van der Waals surface area contributed by atoms with Gasteiger partial charge in [-0.2, -0.15) is 0 Å². The predicted octanol–water partition coefficient (Wildman–Crippen LogP) is 3.59. The lowest BCUT2D eigenvalue weighted by molar-refractivity contribution is 0.0597. The van der Waals surface area contributed by atoms with Gasteiger partial charge in [0.25, 0.3) is 0 Å². The minimum absolute atomic E-state index is 0.000599. The van der Waals surface area contributed by atoms with Crippen LogP contribution in [0.3, 0.4) is 0 Å². The smallest absolute Gasteiger partial charge is 0.341 e. The van der Waals surface area contributed by atoms with Crippen LogP contribution in [0.25, 0.3) is 11.1 Å². The number of carbonyl (C=O) groups is 1. The van der Waals surface area contributed by atoms with Crippen LogP contribution in [0.15, 0.2) is 36.4 Å². The second-order valence-corrected chi connectivity index (χ2v) is 4.88. The number of hydrogen-bond donors (Lipinski definition) is 1. The van der Waals surface area contributed by atoms with Crippen molar-refractivity contribution in [1.82, 2.24) is 0 Å². The molecular weight excluding hydrogens is 362 g/mol. The molecule has 0 saturated carbocycles. The van der Waals surface area contributed by atoms with Gasteiger partial charge >= 0.3 is 5.97 Å². The lowest BCUT2D eigenvalue weighted by Crippen LogP contribution is -2.04. The molecule has 19 heavy (non-hydrogen) atoms. The maximum absolute atomic E-state index is 14.2.